The summed E-state index contributed by atoms with van der Waals surface area (Å²) in [5, 5.41) is 12.0. The highest BCUT2D eigenvalue weighted by molar-refractivity contribution is 5.04. The van der Waals surface area contributed by atoms with Crippen molar-refractivity contribution < 1.29 is 0 Å². The molecule has 0 radical (unpaired) electrons. The minimum atomic E-state index is 0.425. The molecule has 18 heavy (non-hydrogen) atoms. The van der Waals surface area contributed by atoms with Crippen LogP contribution in [-0.4, -0.2) is 26.1 Å². The maximum Gasteiger partial charge on any atom is 0.0762 e. The standard InChI is InChI=1S/C13H21N5/c1-11(2)18-7-5-13(16-18)9-14-6-4-12-8-15-17(3)10-12/h5,7-8,10-11,14H,4,6,9H2,1-3H3. The number of nitrogens with zero attached hydrogens (tertiary/aromatic N) is 4. The van der Waals surface area contributed by atoms with Gasteiger partial charge in [0.25, 0.3) is 0 Å². The number of aryl methyl sites for hydroxylation is 1. The van der Waals surface area contributed by atoms with Crippen LogP contribution in [-0.2, 0) is 20.0 Å². The van der Waals surface area contributed by atoms with Gasteiger partial charge in [-0.1, -0.05) is 0 Å². The van der Waals surface area contributed by atoms with Crippen molar-refractivity contribution in [3.05, 3.63) is 35.9 Å². The molecule has 5 heteroatoms. The summed E-state index contributed by atoms with van der Waals surface area (Å²) in [5.41, 5.74) is 2.35. The molecule has 0 aliphatic carbocycles. The van der Waals surface area contributed by atoms with Gasteiger partial charge < -0.3 is 5.32 Å². The number of aromatic nitrogens is 4. The summed E-state index contributed by atoms with van der Waals surface area (Å²) in [6.07, 6.45) is 6.99. The van der Waals surface area contributed by atoms with Crippen LogP contribution < -0.4 is 5.32 Å². The molecule has 0 aliphatic heterocycles. The van der Waals surface area contributed by atoms with Gasteiger partial charge in [-0.25, -0.2) is 0 Å². The third kappa shape index (κ3) is 3.43. The highest BCUT2D eigenvalue weighted by Gasteiger charge is 2.01. The van der Waals surface area contributed by atoms with Crippen molar-refractivity contribution in [1.82, 2.24) is 24.9 Å². The van der Waals surface area contributed by atoms with Crippen LogP contribution in [0.2, 0.25) is 0 Å². The molecule has 0 saturated carbocycles. The van der Waals surface area contributed by atoms with Crippen molar-refractivity contribution >= 4 is 0 Å². The van der Waals surface area contributed by atoms with Crippen LogP contribution >= 0.6 is 0 Å². The molecular formula is C13H21N5. The Morgan fingerprint density at radius 1 is 1.39 bits per heavy atom. The third-order valence-electron chi connectivity index (χ3n) is 2.85. The van der Waals surface area contributed by atoms with Crippen LogP contribution in [0.5, 0.6) is 0 Å². The molecule has 0 spiro atoms. The van der Waals surface area contributed by atoms with Gasteiger partial charge >= 0.3 is 0 Å². The van der Waals surface area contributed by atoms with Gasteiger partial charge in [0.05, 0.1) is 11.9 Å². The number of nitrogens with one attached hydrogen (secondary N) is 1. The number of rotatable bonds is 6. The van der Waals surface area contributed by atoms with Crippen LogP contribution in [0.4, 0.5) is 0 Å². The second-order valence-corrected chi connectivity index (χ2v) is 4.83. The van der Waals surface area contributed by atoms with Crippen molar-refractivity contribution in [1.29, 1.82) is 0 Å². The molecule has 0 saturated heterocycles. The zero-order valence-electron chi connectivity index (χ0n) is 11.3. The van der Waals surface area contributed by atoms with E-state index >= 15 is 0 Å². The van der Waals surface area contributed by atoms with Gasteiger partial charge in [-0.2, -0.15) is 10.2 Å². The van der Waals surface area contributed by atoms with E-state index in [9.17, 15) is 0 Å². The van der Waals surface area contributed by atoms with E-state index in [1.54, 1.807) is 0 Å². The lowest BCUT2D eigenvalue weighted by Crippen LogP contribution is -2.17. The Morgan fingerprint density at radius 2 is 2.22 bits per heavy atom. The molecule has 0 aromatic carbocycles. The molecule has 0 amide bonds. The Labute approximate surface area is 108 Å². The lowest BCUT2D eigenvalue weighted by molar-refractivity contribution is 0.521. The van der Waals surface area contributed by atoms with E-state index in [-0.39, 0.29) is 0 Å². The zero-order valence-corrected chi connectivity index (χ0v) is 11.3. The average molecular weight is 247 g/mol. The Balaban J connectivity index is 1.71. The van der Waals surface area contributed by atoms with E-state index in [2.05, 4.69) is 41.6 Å². The van der Waals surface area contributed by atoms with Crippen molar-refractivity contribution in [2.75, 3.05) is 6.54 Å². The fourth-order valence-electron chi connectivity index (χ4n) is 1.81. The predicted molar refractivity (Wildman–Crippen MR) is 71.2 cm³/mol. The second-order valence-electron chi connectivity index (χ2n) is 4.83. The van der Waals surface area contributed by atoms with Crippen LogP contribution in [0.25, 0.3) is 0 Å². The topological polar surface area (TPSA) is 47.7 Å². The van der Waals surface area contributed by atoms with Crippen molar-refractivity contribution in [2.24, 2.45) is 7.05 Å². The Morgan fingerprint density at radius 3 is 2.83 bits per heavy atom. The fourth-order valence-corrected chi connectivity index (χ4v) is 1.81. The first kappa shape index (κ1) is 12.8. The normalized spacial score (nSPS) is 11.3. The molecular weight excluding hydrogens is 226 g/mol. The van der Waals surface area contributed by atoms with Crippen LogP contribution in [0.1, 0.15) is 31.1 Å². The lowest BCUT2D eigenvalue weighted by Gasteiger charge is -2.04. The van der Waals surface area contributed by atoms with E-state index in [1.807, 2.05) is 28.8 Å². The van der Waals surface area contributed by atoms with Gasteiger partial charge in [-0.3, -0.25) is 9.36 Å². The minimum absolute atomic E-state index is 0.425. The summed E-state index contributed by atoms with van der Waals surface area (Å²) in [6, 6.07) is 2.49. The molecule has 5 nitrogen and oxygen atoms in total. The van der Waals surface area contributed by atoms with Gasteiger partial charge in [0, 0.05) is 32.0 Å². The molecule has 0 fully saturated rings. The second kappa shape index (κ2) is 5.82. The fraction of sp³-hybridized carbons (Fsp3) is 0.538. The lowest BCUT2D eigenvalue weighted by atomic mass is 10.2. The van der Waals surface area contributed by atoms with Crippen molar-refractivity contribution in [3.63, 3.8) is 0 Å². The maximum absolute atomic E-state index is 4.50. The summed E-state index contributed by atoms with van der Waals surface area (Å²) < 4.78 is 3.82. The molecule has 0 bridgehead atoms. The smallest absolute Gasteiger partial charge is 0.0762 e. The zero-order chi connectivity index (χ0) is 13.0. The summed E-state index contributed by atoms with van der Waals surface area (Å²) in [5.74, 6) is 0. The molecule has 0 unspecified atom stereocenters. The first-order chi connectivity index (χ1) is 8.65. The van der Waals surface area contributed by atoms with Gasteiger partial charge in [0.1, 0.15) is 0 Å². The molecule has 0 atom stereocenters. The third-order valence-corrected chi connectivity index (χ3v) is 2.85. The minimum Gasteiger partial charge on any atom is -0.311 e. The Hall–Kier alpha value is -1.62. The molecule has 2 rings (SSSR count). The van der Waals surface area contributed by atoms with Crippen molar-refractivity contribution in [3.8, 4) is 0 Å². The average Bonchev–Trinajstić information content (AvgIpc) is 2.93. The van der Waals surface area contributed by atoms with E-state index in [0.717, 1.165) is 25.2 Å². The molecule has 2 aromatic rings. The van der Waals surface area contributed by atoms with Gasteiger partial charge in [-0.15, -0.1) is 0 Å². The van der Waals surface area contributed by atoms with Crippen LogP contribution in [0.3, 0.4) is 0 Å². The molecule has 2 aromatic heterocycles. The van der Waals surface area contributed by atoms with Crippen LogP contribution in [0.15, 0.2) is 24.7 Å². The van der Waals surface area contributed by atoms with Gasteiger partial charge in [-0.05, 0) is 38.4 Å². The highest BCUT2D eigenvalue weighted by atomic mass is 15.3. The van der Waals surface area contributed by atoms with Gasteiger partial charge in [0.15, 0.2) is 0 Å². The predicted octanol–water partition coefficient (Wildman–Crippen LogP) is 1.53. The monoisotopic (exact) mass is 247 g/mol. The first-order valence-corrected chi connectivity index (χ1v) is 6.37. The van der Waals surface area contributed by atoms with Gasteiger partial charge in [0.2, 0.25) is 0 Å². The molecule has 1 N–H and O–H groups in total. The molecule has 0 aliphatic rings. The summed E-state index contributed by atoms with van der Waals surface area (Å²) in [7, 11) is 1.94. The largest absolute Gasteiger partial charge is 0.311 e. The number of hydrogen-bond acceptors (Lipinski definition) is 3. The van der Waals surface area contributed by atoms with E-state index in [4.69, 9.17) is 0 Å². The Kier molecular flexibility index (Phi) is 4.15. The summed E-state index contributed by atoms with van der Waals surface area (Å²) in [6.45, 7) is 6.03. The van der Waals surface area contributed by atoms with E-state index < -0.39 is 0 Å². The molecule has 98 valence electrons. The first-order valence-electron chi connectivity index (χ1n) is 6.37. The van der Waals surface area contributed by atoms with Crippen LogP contribution in [0, 0.1) is 0 Å². The quantitative estimate of drug-likeness (QED) is 0.788. The summed E-state index contributed by atoms with van der Waals surface area (Å²) >= 11 is 0. The van der Waals surface area contributed by atoms with Crippen molar-refractivity contribution in [2.45, 2.75) is 32.9 Å². The maximum atomic E-state index is 4.50. The number of hydrogen-bond donors (Lipinski definition) is 1. The van der Waals surface area contributed by atoms with E-state index in [0.29, 0.717) is 6.04 Å². The SMILES string of the molecule is CC(C)n1ccc(CNCCc2cnn(C)c2)n1. The summed E-state index contributed by atoms with van der Waals surface area (Å²) in [4.78, 5) is 0. The highest BCUT2D eigenvalue weighted by Crippen LogP contribution is 2.04. The Bertz CT molecular complexity index is 483. The van der Waals surface area contributed by atoms with E-state index in [1.165, 1.54) is 5.56 Å². The molecule has 2 heterocycles.